The van der Waals surface area contributed by atoms with Crippen molar-refractivity contribution in [2.75, 3.05) is 18.9 Å². The highest BCUT2D eigenvalue weighted by molar-refractivity contribution is 5.41. The zero-order valence-electron chi connectivity index (χ0n) is 9.19. The molecule has 1 atom stereocenters. The van der Waals surface area contributed by atoms with Crippen LogP contribution in [0.25, 0.3) is 0 Å². The number of likely N-dealkylation sites (tertiary alicyclic amines) is 1. The molecule has 1 aromatic rings. The lowest BCUT2D eigenvalue weighted by atomic mass is 10.1. The Morgan fingerprint density at radius 2 is 2.25 bits per heavy atom. The van der Waals surface area contributed by atoms with E-state index in [2.05, 4.69) is 4.90 Å². The molecule has 0 saturated carbocycles. The summed E-state index contributed by atoms with van der Waals surface area (Å²) in [5, 5.41) is 9.18. The highest BCUT2D eigenvalue weighted by Gasteiger charge is 2.23. The molecule has 4 heteroatoms. The minimum atomic E-state index is -0.297. The smallest absolute Gasteiger partial charge is 0.125 e. The molecule has 0 amide bonds. The quantitative estimate of drug-likeness (QED) is 0.762. The van der Waals surface area contributed by atoms with Gasteiger partial charge in [0.25, 0.3) is 0 Å². The van der Waals surface area contributed by atoms with E-state index in [9.17, 15) is 9.50 Å². The first kappa shape index (κ1) is 11.4. The SMILES string of the molecule is Nc1cc(F)cc(CN2CCCC2CO)c1. The maximum atomic E-state index is 13.1. The summed E-state index contributed by atoms with van der Waals surface area (Å²) in [5.74, 6) is -0.297. The molecule has 0 bridgehead atoms. The molecule has 1 fully saturated rings. The first-order valence-electron chi connectivity index (χ1n) is 5.59. The van der Waals surface area contributed by atoms with Crippen molar-refractivity contribution in [2.24, 2.45) is 0 Å². The topological polar surface area (TPSA) is 49.5 Å². The van der Waals surface area contributed by atoms with Crippen molar-refractivity contribution in [1.29, 1.82) is 0 Å². The zero-order chi connectivity index (χ0) is 11.5. The van der Waals surface area contributed by atoms with Crippen LogP contribution in [0.1, 0.15) is 18.4 Å². The summed E-state index contributed by atoms with van der Waals surface area (Å²) in [7, 11) is 0. The molecule has 2 rings (SSSR count). The summed E-state index contributed by atoms with van der Waals surface area (Å²) >= 11 is 0. The summed E-state index contributed by atoms with van der Waals surface area (Å²) < 4.78 is 13.1. The third-order valence-electron chi connectivity index (χ3n) is 3.08. The second kappa shape index (κ2) is 4.80. The van der Waals surface area contributed by atoms with Crippen molar-refractivity contribution in [3.8, 4) is 0 Å². The van der Waals surface area contributed by atoms with Crippen molar-refractivity contribution in [3.05, 3.63) is 29.6 Å². The number of aliphatic hydroxyl groups is 1. The van der Waals surface area contributed by atoms with Gasteiger partial charge in [0.15, 0.2) is 0 Å². The van der Waals surface area contributed by atoms with Gasteiger partial charge in [-0.15, -0.1) is 0 Å². The van der Waals surface area contributed by atoms with Gasteiger partial charge in [0.05, 0.1) is 6.61 Å². The minimum Gasteiger partial charge on any atom is -0.399 e. The van der Waals surface area contributed by atoms with Crippen molar-refractivity contribution in [3.63, 3.8) is 0 Å². The highest BCUT2D eigenvalue weighted by atomic mass is 19.1. The van der Waals surface area contributed by atoms with Crippen LogP contribution in [0.3, 0.4) is 0 Å². The van der Waals surface area contributed by atoms with Gasteiger partial charge in [-0.2, -0.15) is 0 Å². The number of hydrogen-bond acceptors (Lipinski definition) is 3. The lowest BCUT2D eigenvalue weighted by Crippen LogP contribution is -2.31. The van der Waals surface area contributed by atoms with Gasteiger partial charge in [0.2, 0.25) is 0 Å². The molecule has 1 aliphatic heterocycles. The molecule has 0 radical (unpaired) electrons. The van der Waals surface area contributed by atoms with E-state index in [1.165, 1.54) is 12.1 Å². The van der Waals surface area contributed by atoms with Crippen LogP contribution < -0.4 is 5.73 Å². The van der Waals surface area contributed by atoms with Gasteiger partial charge >= 0.3 is 0 Å². The maximum absolute atomic E-state index is 13.1. The van der Waals surface area contributed by atoms with Gasteiger partial charge in [-0.1, -0.05) is 0 Å². The molecule has 0 aromatic heterocycles. The van der Waals surface area contributed by atoms with Gasteiger partial charge in [0.1, 0.15) is 5.82 Å². The van der Waals surface area contributed by atoms with Crippen molar-refractivity contribution < 1.29 is 9.50 Å². The molecule has 88 valence electrons. The fourth-order valence-electron chi connectivity index (χ4n) is 2.31. The molecular weight excluding hydrogens is 207 g/mol. The van der Waals surface area contributed by atoms with Crippen LogP contribution in [0.15, 0.2) is 18.2 Å². The summed E-state index contributed by atoms with van der Waals surface area (Å²) in [6, 6.07) is 4.82. The van der Waals surface area contributed by atoms with Crippen LogP contribution >= 0.6 is 0 Å². The Bertz CT molecular complexity index is 350. The standard InChI is InChI=1S/C12H17FN2O/c13-10-4-9(5-11(14)6-10)7-15-3-1-2-12(15)8-16/h4-6,12,16H,1-3,7-8,14H2. The lowest BCUT2D eigenvalue weighted by molar-refractivity contribution is 0.153. The summed E-state index contributed by atoms with van der Waals surface area (Å²) in [6.07, 6.45) is 2.11. The van der Waals surface area contributed by atoms with E-state index < -0.39 is 0 Å². The van der Waals surface area contributed by atoms with Crippen LogP contribution in [0.4, 0.5) is 10.1 Å². The van der Waals surface area contributed by atoms with Crippen LogP contribution in [0.5, 0.6) is 0 Å². The summed E-state index contributed by atoms with van der Waals surface area (Å²) in [4.78, 5) is 2.17. The molecule has 0 spiro atoms. The van der Waals surface area contributed by atoms with Gasteiger partial charge < -0.3 is 10.8 Å². The Hall–Kier alpha value is -1.13. The number of aliphatic hydroxyl groups excluding tert-OH is 1. The Morgan fingerprint density at radius 3 is 2.94 bits per heavy atom. The van der Waals surface area contributed by atoms with Crippen molar-refractivity contribution in [1.82, 2.24) is 4.90 Å². The summed E-state index contributed by atoms with van der Waals surface area (Å²) in [6.45, 7) is 1.79. The van der Waals surface area contributed by atoms with E-state index in [0.29, 0.717) is 12.2 Å². The predicted octanol–water partition coefficient (Wildman–Crippen LogP) is 1.36. The molecular formula is C12H17FN2O. The second-order valence-electron chi connectivity index (χ2n) is 4.34. The van der Waals surface area contributed by atoms with Crippen LogP contribution in [0.2, 0.25) is 0 Å². The van der Waals surface area contributed by atoms with Crippen LogP contribution in [0, 0.1) is 5.82 Å². The minimum absolute atomic E-state index is 0.171. The van der Waals surface area contributed by atoms with E-state index in [0.717, 1.165) is 24.9 Å². The van der Waals surface area contributed by atoms with E-state index in [1.807, 2.05) is 0 Å². The number of rotatable bonds is 3. The Labute approximate surface area is 94.7 Å². The average molecular weight is 224 g/mol. The normalized spacial score (nSPS) is 21.5. The number of benzene rings is 1. The zero-order valence-corrected chi connectivity index (χ0v) is 9.19. The fraction of sp³-hybridized carbons (Fsp3) is 0.500. The molecule has 1 heterocycles. The predicted molar refractivity (Wildman–Crippen MR) is 61.3 cm³/mol. The molecule has 0 aliphatic carbocycles. The fourth-order valence-corrected chi connectivity index (χ4v) is 2.31. The van der Waals surface area contributed by atoms with E-state index >= 15 is 0 Å². The number of halogens is 1. The van der Waals surface area contributed by atoms with Crippen LogP contribution in [-0.4, -0.2) is 29.2 Å². The van der Waals surface area contributed by atoms with Crippen molar-refractivity contribution >= 4 is 5.69 Å². The van der Waals surface area contributed by atoms with E-state index in [1.54, 1.807) is 6.07 Å². The molecule has 1 aliphatic rings. The largest absolute Gasteiger partial charge is 0.399 e. The third-order valence-corrected chi connectivity index (χ3v) is 3.08. The molecule has 16 heavy (non-hydrogen) atoms. The lowest BCUT2D eigenvalue weighted by Gasteiger charge is -2.22. The Kier molecular flexibility index (Phi) is 3.41. The maximum Gasteiger partial charge on any atom is 0.125 e. The second-order valence-corrected chi connectivity index (χ2v) is 4.34. The number of hydrogen-bond donors (Lipinski definition) is 2. The first-order valence-corrected chi connectivity index (χ1v) is 5.59. The van der Waals surface area contributed by atoms with Gasteiger partial charge in [-0.05, 0) is 43.1 Å². The Balaban J connectivity index is 2.08. The molecule has 3 N–H and O–H groups in total. The monoisotopic (exact) mass is 224 g/mol. The number of nitrogens with zero attached hydrogens (tertiary/aromatic N) is 1. The number of anilines is 1. The van der Waals surface area contributed by atoms with Gasteiger partial charge in [-0.3, -0.25) is 4.90 Å². The van der Waals surface area contributed by atoms with Crippen molar-refractivity contribution in [2.45, 2.75) is 25.4 Å². The van der Waals surface area contributed by atoms with E-state index in [-0.39, 0.29) is 18.5 Å². The Morgan fingerprint density at radius 1 is 1.44 bits per heavy atom. The number of nitrogen functional groups attached to an aromatic ring is 1. The van der Waals surface area contributed by atoms with Gasteiger partial charge in [0, 0.05) is 18.3 Å². The molecule has 3 nitrogen and oxygen atoms in total. The summed E-state index contributed by atoms with van der Waals surface area (Å²) in [5.41, 5.74) is 6.92. The molecule has 1 aromatic carbocycles. The highest BCUT2D eigenvalue weighted by Crippen LogP contribution is 2.21. The molecule has 1 unspecified atom stereocenters. The average Bonchev–Trinajstić information content (AvgIpc) is 2.63. The van der Waals surface area contributed by atoms with E-state index in [4.69, 9.17) is 5.73 Å². The van der Waals surface area contributed by atoms with Crippen LogP contribution in [-0.2, 0) is 6.54 Å². The molecule has 1 saturated heterocycles. The number of nitrogens with two attached hydrogens (primary N) is 1. The third kappa shape index (κ3) is 2.51. The van der Waals surface area contributed by atoms with Gasteiger partial charge in [-0.25, -0.2) is 4.39 Å². The first-order chi connectivity index (χ1) is 7.69.